The topological polar surface area (TPSA) is 218 Å². The number of carbonyl (C=O) groups excluding carboxylic acids is 4. The zero-order valence-electron chi connectivity index (χ0n) is 38.9. The first kappa shape index (κ1) is 44.8. The van der Waals surface area contributed by atoms with Gasteiger partial charge in [0.05, 0.1) is 28.5 Å². The van der Waals surface area contributed by atoms with Crippen molar-refractivity contribution >= 4 is 58.2 Å². The maximum Gasteiger partial charge on any atom is 0.262 e. The smallest absolute Gasteiger partial charge is 0.262 e. The van der Waals surface area contributed by atoms with Crippen molar-refractivity contribution in [1.82, 2.24) is 45.2 Å². The number of nitrogens with one attached hydrogen (secondary N) is 3. The highest BCUT2D eigenvalue weighted by atomic mass is 16.2. The maximum atomic E-state index is 13.7. The Kier molecular flexibility index (Phi) is 12.0. The summed E-state index contributed by atoms with van der Waals surface area (Å²) in [7, 11) is 1.83. The van der Waals surface area contributed by atoms with Crippen LogP contribution >= 0.6 is 0 Å². The van der Waals surface area contributed by atoms with Gasteiger partial charge in [0.25, 0.3) is 17.7 Å². The van der Waals surface area contributed by atoms with E-state index in [9.17, 15) is 24.6 Å². The number of hydrogen-bond donors (Lipinski definition) is 4. The monoisotopic (exact) mass is 921 g/mol. The van der Waals surface area contributed by atoms with E-state index < -0.39 is 17.9 Å². The second-order valence-corrected chi connectivity index (χ2v) is 19.0. The number of aromatic nitrogens is 5. The van der Waals surface area contributed by atoms with Crippen LogP contribution in [0.2, 0.25) is 0 Å². The van der Waals surface area contributed by atoms with Crippen LogP contribution in [-0.2, 0) is 9.59 Å². The summed E-state index contributed by atoms with van der Waals surface area (Å²) in [5.41, 5.74) is 12.5. The van der Waals surface area contributed by atoms with E-state index in [1.165, 1.54) is 12.8 Å². The molecule has 0 spiro atoms. The minimum atomic E-state index is -0.812. The van der Waals surface area contributed by atoms with Crippen LogP contribution in [0.5, 0.6) is 0 Å². The summed E-state index contributed by atoms with van der Waals surface area (Å²) in [6.07, 6.45) is 7.13. The molecule has 0 aliphatic carbocycles. The van der Waals surface area contributed by atoms with E-state index in [1.54, 1.807) is 40.0 Å². The lowest BCUT2D eigenvalue weighted by Crippen LogP contribution is -2.51. The molecule has 0 bridgehead atoms. The molecule has 4 aromatic rings. The zero-order valence-corrected chi connectivity index (χ0v) is 38.9. The van der Waals surface area contributed by atoms with Crippen LogP contribution in [0.3, 0.4) is 0 Å². The average molecular weight is 922 g/mol. The average Bonchev–Trinajstić information content (AvgIpc) is 3.94. The predicted octanol–water partition coefficient (Wildman–Crippen LogP) is 3.88. The van der Waals surface area contributed by atoms with Crippen molar-refractivity contribution in [3.63, 3.8) is 0 Å². The van der Waals surface area contributed by atoms with Gasteiger partial charge in [0.15, 0.2) is 0 Å². The standard InChI is InChI=1S/C49H59N15O4/c1-29-5-10-41(45(65)53-29)63-47(67)37-8-7-36(27-38(37)48(63)68)61-19-14-35(15-20-61)60-17-12-32(13-18-60)28-59-21-23-62(24-22-59)42-25-33(11-16-52-42)44(51)39-26-34(6-9-40(39)50)54-46(66)43-30(2)58(4)49-55-56-57-64(49)31(43)3/h6-9,11,16,25-27,31-32,35,41,51H,1,5,10,12-15,17-24,28,50H2,2-4H3,(H,53,65)(H,54,66)/t31-,41?/m1/s1. The number of tetrazole rings is 1. The van der Waals surface area contributed by atoms with Gasteiger partial charge in [-0.15, -0.1) is 0 Å². The van der Waals surface area contributed by atoms with Gasteiger partial charge in [-0.25, -0.2) is 9.67 Å². The fourth-order valence-corrected chi connectivity index (χ4v) is 11.0. The van der Waals surface area contributed by atoms with E-state index in [1.807, 2.05) is 45.2 Å². The summed E-state index contributed by atoms with van der Waals surface area (Å²) < 4.78 is 1.62. The van der Waals surface area contributed by atoms with Crippen molar-refractivity contribution in [3.05, 3.63) is 101 Å². The Hall–Kier alpha value is -6.99. The number of pyridine rings is 1. The molecule has 5 N–H and O–H groups in total. The lowest BCUT2D eigenvalue weighted by Gasteiger charge is -2.43. The number of likely N-dealkylation sites (tertiary alicyclic amines) is 1. The molecule has 4 saturated heterocycles. The normalized spacial score (nSPS) is 22.2. The number of imide groups is 1. The number of hydrogen-bond acceptors (Lipinski definition) is 15. The van der Waals surface area contributed by atoms with Crippen molar-refractivity contribution in [3.8, 4) is 0 Å². The van der Waals surface area contributed by atoms with Crippen LogP contribution in [-0.4, -0.2) is 147 Å². The van der Waals surface area contributed by atoms with Gasteiger partial charge in [-0.2, -0.15) is 0 Å². The third kappa shape index (κ3) is 8.37. The molecule has 0 saturated carbocycles. The van der Waals surface area contributed by atoms with Crippen molar-refractivity contribution in [2.45, 2.75) is 70.5 Å². The first-order valence-corrected chi connectivity index (χ1v) is 23.8. The van der Waals surface area contributed by atoms with E-state index in [2.05, 4.69) is 52.3 Å². The van der Waals surface area contributed by atoms with Gasteiger partial charge in [-0.1, -0.05) is 11.7 Å². The molecule has 19 nitrogen and oxygen atoms in total. The molecule has 4 amide bonds. The number of carbonyl (C=O) groups is 4. The Morgan fingerprint density at radius 3 is 2.40 bits per heavy atom. The second kappa shape index (κ2) is 18.2. The van der Waals surface area contributed by atoms with Gasteiger partial charge in [-0.3, -0.25) is 34.4 Å². The summed E-state index contributed by atoms with van der Waals surface area (Å²) in [6, 6.07) is 13.9. The highest BCUT2D eigenvalue weighted by Crippen LogP contribution is 2.35. The van der Waals surface area contributed by atoms with Crippen molar-refractivity contribution in [2.75, 3.05) is 91.7 Å². The summed E-state index contributed by atoms with van der Waals surface area (Å²) in [4.78, 5) is 70.6. The highest BCUT2D eigenvalue weighted by molar-refractivity contribution is 6.23. The van der Waals surface area contributed by atoms with Crippen LogP contribution < -0.4 is 31.1 Å². The molecule has 68 heavy (non-hydrogen) atoms. The molecule has 6 aliphatic heterocycles. The summed E-state index contributed by atoms with van der Waals surface area (Å²) in [6.45, 7) is 16.2. The number of nitrogen functional groups attached to an aromatic ring is 1. The minimum absolute atomic E-state index is 0.250. The van der Waals surface area contributed by atoms with Crippen molar-refractivity contribution in [2.24, 2.45) is 5.92 Å². The Morgan fingerprint density at radius 1 is 0.897 bits per heavy atom. The molecule has 354 valence electrons. The number of piperidine rings is 3. The number of nitrogens with zero attached hydrogens (tertiary/aromatic N) is 11. The van der Waals surface area contributed by atoms with Crippen LogP contribution in [0, 0.1) is 11.3 Å². The SMILES string of the molecule is C=C1CCC(N2C(=O)c3ccc(N4CCC(N5CCC(CN6CCN(c7cc(C(=N)c8cc(NC(=O)C9=C(C)N(C)c%10nnnn%10[C@@H]9C)ccc8N)ccn7)CC6)CC5)CC4)cc3C2=O)C(=O)N1. The number of nitrogens with two attached hydrogens (primary N) is 1. The van der Waals surface area contributed by atoms with Crippen LogP contribution in [0.1, 0.15) is 90.3 Å². The molecule has 8 heterocycles. The second-order valence-electron chi connectivity index (χ2n) is 19.0. The third-order valence-corrected chi connectivity index (χ3v) is 15.1. The Balaban J connectivity index is 0.680. The number of fused-ring (bicyclic) bond motifs is 2. The molecule has 19 heteroatoms. The van der Waals surface area contributed by atoms with Gasteiger partial charge in [0.1, 0.15) is 11.9 Å². The molecular formula is C49H59N15O4. The molecule has 2 atom stereocenters. The van der Waals surface area contributed by atoms with Crippen molar-refractivity contribution < 1.29 is 19.2 Å². The fraction of sp³-hybridized carbons (Fsp3) is 0.449. The Morgan fingerprint density at radius 2 is 1.65 bits per heavy atom. The van der Waals surface area contributed by atoms with E-state index in [0.29, 0.717) is 75.6 Å². The van der Waals surface area contributed by atoms with E-state index in [-0.39, 0.29) is 23.6 Å². The van der Waals surface area contributed by atoms with Gasteiger partial charge >= 0.3 is 0 Å². The number of rotatable bonds is 10. The lowest BCUT2D eigenvalue weighted by molar-refractivity contribution is -0.125. The maximum absolute atomic E-state index is 13.7. The number of allylic oxidation sites excluding steroid dienone is 2. The van der Waals surface area contributed by atoms with Crippen molar-refractivity contribution in [1.29, 1.82) is 5.41 Å². The Labute approximate surface area is 395 Å². The number of piperazine rings is 1. The Bertz CT molecular complexity index is 2730. The van der Waals surface area contributed by atoms with Crippen LogP contribution in [0.25, 0.3) is 0 Å². The molecule has 6 aliphatic rings. The molecule has 0 radical (unpaired) electrons. The predicted molar refractivity (Wildman–Crippen MR) is 259 cm³/mol. The number of benzene rings is 2. The molecule has 10 rings (SSSR count). The van der Waals surface area contributed by atoms with Crippen LogP contribution in [0.15, 0.2) is 78.3 Å². The highest BCUT2D eigenvalue weighted by Gasteiger charge is 2.44. The summed E-state index contributed by atoms with van der Waals surface area (Å²) >= 11 is 0. The van der Waals surface area contributed by atoms with E-state index in [0.717, 1.165) is 93.8 Å². The zero-order chi connectivity index (χ0) is 47.4. The molecule has 2 aromatic heterocycles. The van der Waals surface area contributed by atoms with Crippen LogP contribution in [0.4, 0.5) is 28.8 Å². The third-order valence-electron chi connectivity index (χ3n) is 15.1. The summed E-state index contributed by atoms with van der Waals surface area (Å²) in [5.74, 6) is 0.627. The largest absolute Gasteiger partial charge is 0.398 e. The first-order chi connectivity index (χ1) is 32.8. The number of anilines is 5. The molecule has 1 unspecified atom stereocenters. The lowest BCUT2D eigenvalue weighted by atomic mass is 9.92. The van der Waals surface area contributed by atoms with Gasteiger partial charge in [0, 0.05) is 105 Å². The fourth-order valence-electron chi connectivity index (χ4n) is 11.0. The van der Waals surface area contributed by atoms with Gasteiger partial charge in [0.2, 0.25) is 11.9 Å². The van der Waals surface area contributed by atoms with E-state index >= 15 is 0 Å². The van der Waals surface area contributed by atoms with Gasteiger partial charge < -0.3 is 36.0 Å². The molecular weight excluding hydrogens is 863 g/mol. The quantitative estimate of drug-likeness (QED) is 0.101. The van der Waals surface area contributed by atoms with Gasteiger partial charge in [-0.05, 0) is 130 Å². The first-order valence-electron chi connectivity index (χ1n) is 23.8. The molecule has 4 fully saturated rings. The number of amides is 4. The summed E-state index contributed by atoms with van der Waals surface area (Å²) in [5, 5.41) is 26.9. The minimum Gasteiger partial charge on any atom is -0.398 e. The molecule has 2 aromatic carbocycles. The van der Waals surface area contributed by atoms with E-state index in [4.69, 9.17) is 10.7 Å².